The first-order valence-corrected chi connectivity index (χ1v) is 7.31. The normalized spacial score (nSPS) is 25.4. The number of methoxy groups -OCH3 is 1. The van der Waals surface area contributed by atoms with Crippen molar-refractivity contribution in [1.29, 1.82) is 0 Å². The zero-order chi connectivity index (χ0) is 14.7. The molecule has 20 heavy (non-hydrogen) atoms. The van der Waals surface area contributed by atoms with E-state index in [1.807, 2.05) is 0 Å². The van der Waals surface area contributed by atoms with Gasteiger partial charge < -0.3 is 15.8 Å². The fraction of sp³-hybridized carbons (Fsp3) is 0.562. The summed E-state index contributed by atoms with van der Waals surface area (Å²) < 4.78 is 5.16. The molecule has 1 aliphatic carbocycles. The second-order valence-corrected chi connectivity index (χ2v) is 5.61. The van der Waals surface area contributed by atoms with Gasteiger partial charge in [0.25, 0.3) is 5.91 Å². The third kappa shape index (κ3) is 2.74. The number of anilines is 1. The number of benzene rings is 1. The van der Waals surface area contributed by atoms with Crippen molar-refractivity contribution in [2.24, 2.45) is 11.8 Å². The highest BCUT2D eigenvalue weighted by molar-refractivity contribution is 6.00. The minimum absolute atomic E-state index is 0.102. The Morgan fingerprint density at radius 3 is 2.80 bits per heavy atom. The summed E-state index contributed by atoms with van der Waals surface area (Å²) in [5, 5.41) is 3.13. The van der Waals surface area contributed by atoms with E-state index in [0.29, 0.717) is 28.8 Å². The minimum Gasteiger partial charge on any atom is -0.495 e. The largest absolute Gasteiger partial charge is 0.495 e. The van der Waals surface area contributed by atoms with Gasteiger partial charge in [-0.2, -0.15) is 0 Å². The van der Waals surface area contributed by atoms with E-state index in [2.05, 4.69) is 19.2 Å². The molecule has 1 aromatic carbocycles. The standard InChI is InChI=1S/C16H24N2O2/c1-4-11-8-9-13(10(11)2)18-16(19)12-6-5-7-14(20-3)15(12)17/h5-7,10-11,13H,4,8-9,17H2,1-3H3,(H,18,19). The summed E-state index contributed by atoms with van der Waals surface area (Å²) in [5.74, 6) is 1.68. The Balaban J connectivity index is 2.10. The lowest BCUT2D eigenvalue weighted by molar-refractivity contribution is 0.0927. The second kappa shape index (κ2) is 6.16. The van der Waals surface area contributed by atoms with Crippen LogP contribution in [0.3, 0.4) is 0 Å². The molecule has 110 valence electrons. The van der Waals surface area contributed by atoms with E-state index in [4.69, 9.17) is 10.5 Å². The van der Waals surface area contributed by atoms with E-state index in [0.717, 1.165) is 6.42 Å². The van der Waals surface area contributed by atoms with Crippen molar-refractivity contribution in [2.75, 3.05) is 12.8 Å². The molecule has 1 amide bonds. The molecule has 4 heteroatoms. The number of amides is 1. The molecular weight excluding hydrogens is 252 g/mol. The predicted octanol–water partition coefficient (Wildman–Crippen LogP) is 2.83. The molecular formula is C16H24N2O2. The van der Waals surface area contributed by atoms with Crippen LogP contribution in [-0.4, -0.2) is 19.1 Å². The Kier molecular flexibility index (Phi) is 4.53. The number of nitrogen functional groups attached to an aromatic ring is 1. The zero-order valence-corrected chi connectivity index (χ0v) is 12.5. The summed E-state index contributed by atoms with van der Waals surface area (Å²) in [6, 6.07) is 5.54. The van der Waals surface area contributed by atoms with Crippen molar-refractivity contribution in [3.05, 3.63) is 23.8 Å². The lowest BCUT2D eigenvalue weighted by atomic mass is 9.93. The van der Waals surface area contributed by atoms with Crippen LogP contribution in [0.2, 0.25) is 0 Å². The maximum absolute atomic E-state index is 12.4. The Bertz CT molecular complexity index is 487. The van der Waals surface area contributed by atoms with Gasteiger partial charge in [0, 0.05) is 6.04 Å². The Morgan fingerprint density at radius 1 is 1.45 bits per heavy atom. The highest BCUT2D eigenvalue weighted by atomic mass is 16.5. The van der Waals surface area contributed by atoms with E-state index >= 15 is 0 Å². The molecule has 0 aromatic heterocycles. The van der Waals surface area contributed by atoms with Gasteiger partial charge in [-0.3, -0.25) is 4.79 Å². The number of carbonyl (C=O) groups is 1. The number of nitrogens with two attached hydrogens (primary N) is 1. The monoisotopic (exact) mass is 276 g/mol. The molecule has 0 spiro atoms. The summed E-state index contributed by atoms with van der Waals surface area (Å²) in [6.45, 7) is 4.44. The predicted molar refractivity (Wildman–Crippen MR) is 80.8 cm³/mol. The lowest BCUT2D eigenvalue weighted by Gasteiger charge is -2.21. The van der Waals surface area contributed by atoms with Crippen LogP contribution in [0.15, 0.2) is 18.2 Å². The minimum atomic E-state index is -0.102. The van der Waals surface area contributed by atoms with Crippen LogP contribution in [0.5, 0.6) is 5.75 Å². The molecule has 3 atom stereocenters. The molecule has 0 saturated heterocycles. The van der Waals surface area contributed by atoms with Crippen LogP contribution < -0.4 is 15.8 Å². The number of para-hydroxylation sites is 1. The van der Waals surface area contributed by atoms with Gasteiger partial charge in [-0.1, -0.05) is 26.3 Å². The van der Waals surface area contributed by atoms with Crippen molar-refractivity contribution in [3.8, 4) is 5.75 Å². The van der Waals surface area contributed by atoms with Gasteiger partial charge in [0.15, 0.2) is 0 Å². The van der Waals surface area contributed by atoms with Gasteiger partial charge in [0.2, 0.25) is 0 Å². The van der Waals surface area contributed by atoms with E-state index in [1.54, 1.807) is 25.3 Å². The average molecular weight is 276 g/mol. The molecule has 1 aliphatic rings. The molecule has 3 unspecified atom stereocenters. The van der Waals surface area contributed by atoms with E-state index < -0.39 is 0 Å². The number of carbonyl (C=O) groups excluding carboxylic acids is 1. The van der Waals surface area contributed by atoms with Gasteiger partial charge in [0.1, 0.15) is 5.75 Å². The summed E-state index contributed by atoms with van der Waals surface area (Å²) in [4.78, 5) is 12.4. The van der Waals surface area contributed by atoms with Crippen LogP contribution in [0.4, 0.5) is 5.69 Å². The maximum atomic E-state index is 12.4. The number of rotatable bonds is 4. The summed E-state index contributed by atoms with van der Waals surface area (Å²) in [7, 11) is 1.55. The molecule has 1 aromatic rings. The molecule has 4 nitrogen and oxygen atoms in total. The van der Waals surface area contributed by atoms with Crippen molar-refractivity contribution in [3.63, 3.8) is 0 Å². The van der Waals surface area contributed by atoms with E-state index in [1.165, 1.54) is 12.8 Å². The smallest absolute Gasteiger partial charge is 0.253 e. The van der Waals surface area contributed by atoms with E-state index in [9.17, 15) is 4.79 Å². The summed E-state index contributed by atoms with van der Waals surface area (Å²) in [6.07, 6.45) is 3.42. The van der Waals surface area contributed by atoms with Gasteiger partial charge in [-0.05, 0) is 36.8 Å². The molecule has 1 fully saturated rings. The van der Waals surface area contributed by atoms with Gasteiger partial charge in [-0.25, -0.2) is 0 Å². The Labute approximate surface area is 120 Å². The third-order valence-corrected chi connectivity index (χ3v) is 4.60. The van der Waals surface area contributed by atoms with Crippen LogP contribution in [0.1, 0.15) is 43.5 Å². The maximum Gasteiger partial charge on any atom is 0.253 e. The fourth-order valence-corrected chi connectivity index (χ4v) is 3.19. The topological polar surface area (TPSA) is 64.3 Å². The molecule has 0 radical (unpaired) electrons. The van der Waals surface area contributed by atoms with Crippen LogP contribution in [0.25, 0.3) is 0 Å². The average Bonchev–Trinajstić information content (AvgIpc) is 2.79. The molecule has 0 heterocycles. The van der Waals surface area contributed by atoms with E-state index in [-0.39, 0.29) is 11.9 Å². The first-order valence-electron chi connectivity index (χ1n) is 7.31. The fourth-order valence-electron chi connectivity index (χ4n) is 3.19. The third-order valence-electron chi connectivity index (χ3n) is 4.60. The molecule has 0 aliphatic heterocycles. The Morgan fingerprint density at radius 2 is 2.20 bits per heavy atom. The van der Waals surface area contributed by atoms with Crippen LogP contribution >= 0.6 is 0 Å². The van der Waals surface area contributed by atoms with Crippen molar-refractivity contribution in [1.82, 2.24) is 5.32 Å². The number of ether oxygens (including phenoxy) is 1. The van der Waals surface area contributed by atoms with Crippen molar-refractivity contribution < 1.29 is 9.53 Å². The molecule has 3 N–H and O–H groups in total. The number of nitrogens with one attached hydrogen (secondary N) is 1. The Hall–Kier alpha value is -1.71. The summed E-state index contributed by atoms with van der Waals surface area (Å²) in [5.41, 5.74) is 6.88. The first kappa shape index (κ1) is 14.7. The molecule has 2 rings (SSSR count). The number of hydrogen-bond acceptors (Lipinski definition) is 3. The highest BCUT2D eigenvalue weighted by Gasteiger charge is 2.32. The molecule has 1 saturated carbocycles. The summed E-state index contributed by atoms with van der Waals surface area (Å²) >= 11 is 0. The zero-order valence-electron chi connectivity index (χ0n) is 12.5. The highest BCUT2D eigenvalue weighted by Crippen LogP contribution is 2.34. The SMILES string of the molecule is CCC1CCC(NC(=O)c2cccc(OC)c2N)C1C. The van der Waals surface area contributed by atoms with Gasteiger partial charge >= 0.3 is 0 Å². The molecule has 0 bridgehead atoms. The lowest BCUT2D eigenvalue weighted by Crippen LogP contribution is -2.37. The van der Waals surface area contributed by atoms with Crippen LogP contribution in [-0.2, 0) is 0 Å². The van der Waals surface area contributed by atoms with Crippen LogP contribution in [0, 0.1) is 11.8 Å². The second-order valence-electron chi connectivity index (χ2n) is 5.61. The first-order chi connectivity index (χ1) is 9.58. The van der Waals surface area contributed by atoms with Gasteiger partial charge in [0.05, 0.1) is 18.4 Å². The van der Waals surface area contributed by atoms with Crippen molar-refractivity contribution in [2.45, 2.75) is 39.2 Å². The quantitative estimate of drug-likeness (QED) is 0.831. The van der Waals surface area contributed by atoms with Gasteiger partial charge in [-0.15, -0.1) is 0 Å². The number of hydrogen-bond donors (Lipinski definition) is 2. The van der Waals surface area contributed by atoms with Crippen molar-refractivity contribution >= 4 is 11.6 Å².